The van der Waals surface area contributed by atoms with Crippen LogP contribution in [0.15, 0.2) is 41.3 Å². The highest BCUT2D eigenvalue weighted by Gasteiger charge is 2.32. The van der Waals surface area contributed by atoms with Gasteiger partial charge in [0.25, 0.3) is 11.6 Å². The molecule has 0 spiro atoms. The number of benzene rings is 2. The number of carbonyl (C=O) groups excluding carboxylic acids is 1. The van der Waals surface area contributed by atoms with Gasteiger partial charge >= 0.3 is 0 Å². The lowest BCUT2D eigenvalue weighted by Crippen LogP contribution is -2.32. The van der Waals surface area contributed by atoms with Gasteiger partial charge in [0, 0.05) is 29.8 Å². The molecular weight excluding hydrogens is 510 g/mol. The maximum atomic E-state index is 13.2. The molecule has 0 radical (unpaired) electrons. The summed E-state index contributed by atoms with van der Waals surface area (Å²) in [5.41, 5.74) is 2.58. The molecule has 2 aromatic carbocycles. The summed E-state index contributed by atoms with van der Waals surface area (Å²) >= 11 is 0. The fraction of sp³-hybridized carbons (Fsp3) is 0.385. The first kappa shape index (κ1) is 27.3. The molecule has 1 aliphatic rings. The third-order valence-electron chi connectivity index (χ3n) is 6.40. The predicted octanol–water partition coefficient (Wildman–Crippen LogP) is 4.47. The smallest absolute Gasteiger partial charge is 0.272 e. The first-order valence-corrected chi connectivity index (χ1v) is 13.9. The molecule has 0 aliphatic heterocycles. The number of amides is 1. The van der Waals surface area contributed by atoms with Crippen LogP contribution < -0.4 is 14.8 Å². The zero-order chi connectivity index (χ0) is 27.8. The lowest BCUT2D eigenvalue weighted by Gasteiger charge is -2.15. The van der Waals surface area contributed by atoms with Gasteiger partial charge in [-0.15, -0.1) is 0 Å². The van der Waals surface area contributed by atoms with E-state index in [2.05, 4.69) is 15.1 Å². The van der Waals surface area contributed by atoms with E-state index in [1.165, 1.54) is 16.8 Å². The van der Waals surface area contributed by atoms with Crippen LogP contribution in [0.25, 0.3) is 5.69 Å². The second-order valence-electron chi connectivity index (χ2n) is 9.65. The van der Waals surface area contributed by atoms with Gasteiger partial charge in [-0.1, -0.05) is 19.1 Å². The van der Waals surface area contributed by atoms with E-state index < -0.39 is 20.9 Å². The van der Waals surface area contributed by atoms with Crippen LogP contribution in [0.2, 0.25) is 0 Å². The van der Waals surface area contributed by atoms with E-state index in [1.54, 1.807) is 6.92 Å². The topological polar surface area (TPSA) is 145 Å². The number of nitrogens with zero attached hydrogens (tertiary/aromatic N) is 3. The van der Waals surface area contributed by atoms with Gasteiger partial charge in [-0.25, -0.2) is 13.1 Å². The summed E-state index contributed by atoms with van der Waals surface area (Å²) < 4.78 is 36.6. The highest BCUT2D eigenvalue weighted by Crippen LogP contribution is 2.37. The molecule has 1 aromatic heterocycles. The Kier molecular flexibility index (Phi) is 7.56. The van der Waals surface area contributed by atoms with Crippen molar-refractivity contribution in [1.82, 2.24) is 19.8 Å². The average Bonchev–Trinajstić information content (AvgIpc) is 3.61. The second-order valence-corrected chi connectivity index (χ2v) is 11.3. The molecule has 0 unspecified atom stereocenters. The Hall–Kier alpha value is -3.77. The SMILES string of the molecule is CC[C@@H](C)NC(=O)c1nn(-c2cc(C)ccc2C)c(Oc2ccc([N+](=O)[O-])cc2S(=O)(=O)NC2CC2)c1C. The molecule has 4 rings (SSSR count). The number of nitrogens with one attached hydrogen (secondary N) is 2. The maximum absolute atomic E-state index is 13.2. The van der Waals surface area contributed by atoms with Crippen molar-refractivity contribution in [3.05, 3.63) is 68.9 Å². The number of nitro groups is 1. The Balaban J connectivity index is 1.88. The molecule has 202 valence electrons. The van der Waals surface area contributed by atoms with Crippen LogP contribution in [-0.4, -0.2) is 41.1 Å². The molecule has 0 bridgehead atoms. The van der Waals surface area contributed by atoms with E-state index in [4.69, 9.17) is 4.74 Å². The number of carbonyl (C=O) groups is 1. The summed E-state index contributed by atoms with van der Waals surface area (Å²) in [6, 6.07) is 8.83. The molecule has 2 N–H and O–H groups in total. The third-order valence-corrected chi connectivity index (χ3v) is 7.94. The molecular formula is C26H31N5O6S. The molecule has 1 amide bonds. The zero-order valence-corrected chi connectivity index (χ0v) is 22.8. The summed E-state index contributed by atoms with van der Waals surface area (Å²) in [7, 11) is -4.13. The van der Waals surface area contributed by atoms with Gasteiger partial charge in [0.2, 0.25) is 15.9 Å². The van der Waals surface area contributed by atoms with Crippen LogP contribution in [0, 0.1) is 30.9 Å². The normalized spacial score (nSPS) is 14.2. The Morgan fingerprint density at radius 1 is 1.21 bits per heavy atom. The minimum atomic E-state index is -4.13. The molecule has 1 saturated carbocycles. The number of non-ortho nitro benzene ring substituents is 1. The lowest BCUT2D eigenvalue weighted by molar-refractivity contribution is -0.385. The molecule has 3 aromatic rings. The van der Waals surface area contributed by atoms with Crippen LogP contribution in [0.3, 0.4) is 0 Å². The average molecular weight is 542 g/mol. The van der Waals surface area contributed by atoms with Gasteiger partial charge in [0.15, 0.2) is 5.69 Å². The van der Waals surface area contributed by atoms with E-state index >= 15 is 0 Å². The van der Waals surface area contributed by atoms with Crippen LogP contribution in [0.4, 0.5) is 5.69 Å². The van der Waals surface area contributed by atoms with E-state index in [0.717, 1.165) is 23.6 Å². The zero-order valence-electron chi connectivity index (χ0n) is 21.9. The highest BCUT2D eigenvalue weighted by atomic mass is 32.2. The number of aromatic nitrogens is 2. The van der Waals surface area contributed by atoms with Crippen LogP contribution >= 0.6 is 0 Å². The van der Waals surface area contributed by atoms with Gasteiger partial charge in [0.1, 0.15) is 10.6 Å². The van der Waals surface area contributed by atoms with Gasteiger partial charge in [-0.05, 0) is 70.2 Å². The second kappa shape index (κ2) is 10.5. The maximum Gasteiger partial charge on any atom is 0.272 e. The summed E-state index contributed by atoms with van der Waals surface area (Å²) in [6.45, 7) is 9.30. The van der Waals surface area contributed by atoms with Crippen LogP contribution in [0.5, 0.6) is 11.6 Å². The number of rotatable bonds is 10. The van der Waals surface area contributed by atoms with Crippen LogP contribution in [-0.2, 0) is 10.0 Å². The van der Waals surface area contributed by atoms with E-state index in [0.29, 0.717) is 24.1 Å². The monoisotopic (exact) mass is 541 g/mol. The summed E-state index contributed by atoms with van der Waals surface area (Å²) in [5.74, 6) is -0.380. The van der Waals surface area contributed by atoms with Crippen molar-refractivity contribution in [3.63, 3.8) is 0 Å². The van der Waals surface area contributed by atoms with E-state index in [1.807, 2.05) is 45.9 Å². The van der Waals surface area contributed by atoms with Crippen molar-refractivity contribution in [2.45, 2.75) is 70.9 Å². The van der Waals surface area contributed by atoms with Crippen molar-refractivity contribution < 1.29 is 22.9 Å². The summed E-state index contributed by atoms with van der Waals surface area (Å²) in [6.07, 6.45) is 2.11. The largest absolute Gasteiger partial charge is 0.437 e. The van der Waals surface area contributed by atoms with Crippen molar-refractivity contribution in [2.24, 2.45) is 0 Å². The van der Waals surface area contributed by atoms with Gasteiger partial charge < -0.3 is 10.1 Å². The molecule has 38 heavy (non-hydrogen) atoms. The molecule has 1 atom stereocenters. The standard InChI is InChI=1S/C26H31N5O6S/c1-6-17(4)27-25(32)24-18(5)26(30(28-24)21-13-15(2)7-8-16(21)3)37-22-12-11-20(31(33)34)14-23(22)38(35,36)29-19-9-10-19/h7-8,11-14,17,19,29H,6,9-10H2,1-5H3,(H,27,32)/t17-/m1/s1. The van der Waals surface area contributed by atoms with Crippen molar-refractivity contribution in [2.75, 3.05) is 0 Å². The quantitative estimate of drug-likeness (QED) is 0.284. The predicted molar refractivity (Wildman–Crippen MR) is 142 cm³/mol. The summed E-state index contributed by atoms with van der Waals surface area (Å²) in [4.78, 5) is 23.5. The highest BCUT2D eigenvalue weighted by molar-refractivity contribution is 7.89. The van der Waals surface area contributed by atoms with Gasteiger partial charge in [-0.3, -0.25) is 14.9 Å². The van der Waals surface area contributed by atoms with Crippen molar-refractivity contribution in [3.8, 4) is 17.3 Å². The van der Waals surface area contributed by atoms with Crippen molar-refractivity contribution >= 4 is 21.6 Å². The molecule has 12 heteroatoms. The van der Waals surface area contributed by atoms with Crippen molar-refractivity contribution in [1.29, 1.82) is 0 Å². The molecule has 1 aliphatic carbocycles. The van der Waals surface area contributed by atoms with Crippen LogP contribution in [0.1, 0.15) is 60.3 Å². The van der Waals surface area contributed by atoms with Gasteiger partial charge in [-0.2, -0.15) is 9.78 Å². The minimum Gasteiger partial charge on any atom is -0.437 e. The van der Waals surface area contributed by atoms with E-state index in [9.17, 15) is 23.3 Å². The molecule has 11 nitrogen and oxygen atoms in total. The van der Waals surface area contributed by atoms with E-state index in [-0.39, 0.29) is 40.0 Å². The Morgan fingerprint density at radius 2 is 1.92 bits per heavy atom. The Morgan fingerprint density at radius 3 is 2.55 bits per heavy atom. The lowest BCUT2D eigenvalue weighted by atomic mass is 10.1. The minimum absolute atomic E-state index is 0.0861. The molecule has 1 fully saturated rings. The number of ether oxygens (including phenoxy) is 1. The first-order valence-electron chi connectivity index (χ1n) is 12.4. The molecule has 1 heterocycles. The number of sulfonamides is 1. The number of aryl methyl sites for hydroxylation is 2. The Labute approximate surface area is 221 Å². The fourth-order valence-electron chi connectivity index (χ4n) is 3.81. The van der Waals surface area contributed by atoms with Gasteiger partial charge in [0.05, 0.1) is 10.6 Å². The number of hydrogen-bond acceptors (Lipinski definition) is 7. The number of hydrogen-bond donors (Lipinski definition) is 2. The Bertz CT molecular complexity index is 1510. The summed E-state index contributed by atoms with van der Waals surface area (Å²) in [5, 5.41) is 18.9. The first-order chi connectivity index (χ1) is 17.9. The fourth-order valence-corrected chi connectivity index (χ4v) is 5.27. The molecule has 0 saturated heterocycles. The third kappa shape index (κ3) is 5.70. The number of nitro benzene ring substituents is 1.